The zero-order chi connectivity index (χ0) is 10.7. The van der Waals surface area contributed by atoms with Gasteiger partial charge in [0.05, 0.1) is 12.2 Å². The monoisotopic (exact) mass is 213 g/mol. The van der Waals surface area contributed by atoms with Gasteiger partial charge in [0, 0.05) is 32.2 Å². The first kappa shape index (κ1) is 11.4. The van der Waals surface area contributed by atoms with Crippen LogP contribution in [0.1, 0.15) is 33.1 Å². The molecule has 0 saturated carbocycles. The van der Waals surface area contributed by atoms with Crippen LogP contribution in [0.3, 0.4) is 0 Å². The highest BCUT2D eigenvalue weighted by atomic mass is 16.5. The highest BCUT2D eigenvalue weighted by molar-refractivity contribution is 4.98. The second-order valence-corrected chi connectivity index (χ2v) is 5.05. The minimum Gasteiger partial charge on any atom is -0.381 e. The minimum absolute atomic E-state index is 0.0446. The molecule has 0 aromatic rings. The molecule has 2 fully saturated rings. The first-order chi connectivity index (χ1) is 7.25. The van der Waals surface area contributed by atoms with E-state index in [1.807, 2.05) is 0 Å². The van der Waals surface area contributed by atoms with Crippen LogP contribution in [0.4, 0.5) is 0 Å². The zero-order valence-electron chi connectivity index (χ0n) is 9.92. The van der Waals surface area contributed by atoms with E-state index in [9.17, 15) is 0 Å². The summed E-state index contributed by atoms with van der Waals surface area (Å²) in [5.41, 5.74) is 0.0446. The van der Waals surface area contributed by atoms with Crippen LogP contribution in [0.5, 0.6) is 0 Å². The lowest BCUT2D eigenvalue weighted by molar-refractivity contribution is -0.117. The minimum atomic E-state index is 0.0446. The van der Waals surface area contributed by atoms with Crippen molar-refractivity contribution in [2.45, 2.75) is 44.8 Å². The Morgan fingerprint density at radius 3 is 2.87 bits per heavy atom. The van der Waals surface area contributed by atoms with E-state index in [0.717, 1.165) is 45.6 Å². The Kier molecular flexibility index (Phi) is 3.65. The lowest BCUT2D eigenvalue weighted by Gasteiger charge is -2.46. The van der Waals surface area contributed by atoms with E-state index >= 15 is 0 Å². The van der Waals surface area contributed by atoms with Gasteiger partial charge in [0.2, 0.25) is 0 Å². The van der Waals surface area contributed by atoms with Crippen LogP contribution >= 0.6 is 0 Å². The van der Waals surface area contributed by atoms with Crippen LogP contribution in [0.15, 0.2) is 0 Å². The Labute approximate surface area is 92.5 Å². The summed E-state index contributed by atoms with van der Waals surface area (Å²) in [6.45, 7) is 8.15. The summed E-state index contributed by atoms with van der Waals surface area (Å²) in [5.74, 6) is 0.628. The van der Waals surface area contributed by atoms with Crippen LogP contribution in [-0.4, -0.2) is 38.0 Å². The average Bonchev–Trinajstić information content (AvgIpc) is 2.45. The van der Waals surface area contributed by atoms with Gasteiger partial charge in [-0.05, 0) is 18.8 Å². The van der Waals surface area contributed by atoms with Crippen molar-refractivity contribution in [3.63, 3.8) is 0 Å². The van der Waals surface area contributed by atoms with Crippen molar-refractivity contribution in [1.82, 2.24) is 5.32 Å². The Balaban J connectivity index is 2.12. The molecule has 1 spiro atoms. The number of nitrogens with one attached hydrogen (secondary N) is 1. The number of ether oxygens (including phenoxy) is 2. The molecule has 2 aliphatic rings. The van der Waals surface area contributed by atoms with Gasteiger partial charge in [-0.3, -0.25) is 0 Å². The largest absolute Gasteiger partial charge is 0.381 e. The molecular weight excluding hydrogens is 190 g/mol. The van der Waals surface area contributed by atoms with E-state index in [-0.39, 0.29) is 5.60 Å². The molecule has 3 nitrogen and oxygen atoms in total. The summed E-state index contributed by atoms with van der Waals surface area (Å²) in [7, 11) is 0. The van der Waals surface area contributed by atoms with Crippen molar-refractivity contribution in [3.8, 4) is 0 Å². The third-order valence-electron chi connectivity index (χ3n) is 3.65. The van der Waals surface area contributed by atoms with E-state index in [2.05, 4.69) is 19.2 Å². The number of hydrogen-bond acceptors (Lipinski definition) is 3. The quantitative estimate of drug-likeness (QED) is 0.717. The molecule has 3 heteroatoms. The van der Waals surface area contributed by atoms with Crippen molar-refractivity contribution in [2.24, 2.45) is 5.92 Å². The molecule has 2 unspecified atom stereocenters. The molecule has 0 aromatic carbocycles. The van der Waals surface area contributed by atoms with Crippen molar-refractivity contribution in [2.75, 3.05) is 26.4 Å². The first-order valence-electron chi connectivity index (χ1n) is 6.20. The Morgan fingerprint density at radius 1 is 1.20 bits per heavy atom. The lowest BCUT2D eigenvalue weighted by atomic mass is 9.79. The average molecular weight is 213 g/mol. The summed E-state index contributed by atoms with van der Waals surface area (Å²) >= 11 is 0. The molecule has 15 heavy (non-hydrogen) atoms. The molecule has 2 aliphatic heterocycles. The molecule has 2 rings (SSSR count). The maximum atomic E-state index is 6.12. The second-order valence-electron chi connectivity index (χ2n) is 5.05. The van der Waals surface area contributed by atoms with E-state index in [1.54, 1.807) is 0 Å². The van der Waals surface area contributed by atoms with Crippen LogP contribution in [0.2, 0.25) is 0 Å². The standard InChI is InChI=1S/C12H23NO2/c1-10(2)11-12(15-9-6-13-11)4-3-7-14-8-5-12/h10-11,13H,3-9H2,1-2H3. The van der Waals surface area contributed by atoms with Gasteiger partial charge in [0.15, 0.2) is 0 Å². The molecule has 0 amide bonds. The van der Waals surface area contributed by atoms with Crippen molar-refractivity contribution >= 4 is 0 Å². The zero-order valence-corrected chi connectivity index (χ0v) is 9.92. The third-order valence-corrected chi connectivity index (χ3v) is 3.65. The summed E-state index contributed by atoms with van der Waals surface area (Å²) in [4.78, 5) is 0. The molecule has 0 aromatic heterocycles. The first-order valence-corrected chi connectivity index (χ1v) is 6.20. The topological polar surface area (TPSA) is 30.5 Å². The van der Waals surface area contributed by atoms with Gasteiger partial charge in [-0.1, -0.05) is 13.8 Å². The van der Waals surface area contributed by atoms with Crippen LogP contribution in [0, 0.1) is 5.92 Å². The second kappa shape index (κ2) is 4.81. The maximum absolute atomic E-state index is 6.12. The van der Waals surface area contributed by atoms with E-state index < -0.39 is 0 Å². The lowest BCUT2D eigenvalue weighted by Crippen LogP contribution is -2.60. The molecule has 0 aliphatic carbocycles. The molecule has 1 N–H and O–H groups in total. The fourth-order valence-electron chi connectivity index (χ4n) is 2.99. The summed E-state index contributed by atoms with van der Waals surface area (Å²) in [6, 6.07) is 0.493. The SMILES string of the molecule is CC(C)C1NCCOC12CCCOCC2. The highest BCUT2D eigenvalue weighted by Crippen LogP contribution is 2.34. The van der Waals surface area contributed by atoms with E-state index in [1.165, 1.54) is 0 Å². The molecule has 2 atom stereocenters. The fraction of sp³-hybridized carbons (Fsp3) is 1.00. The highest BCUT2D eigenvalue weighted by Gasteiger charge is 2.43. The number of morpholine rings is 1. The van der Waals surface area contributed by atoms with Gasteiger partial charge < -0.3 is 14.8 Å². The van der Waals surface area contributed by atoms with E-state index in [0.29, 0.717) is 12.0 Å². The van der Waals surface area contributed by atoms with Crippen LogP contribution in [0.25, 0.3) is 0 Å². The Morgan fingerprint density at radius 2 is 2.07 bits per heavy atom. The van der Waals surface area contributed by atoms with Gasteiger partial charge in [-0.15, -0.1) is 0 Å². The summed E-state index contributed by atoms with van der Waals surface area (Å²) in [6.07, 6.45) is 3.32. The molecule has 2 heterocycles. The van der Waals surface area contributed by atoms with Crippen molar-refractivity contribution < 1.29 is 9.47 Å². The van der Waals surface area contributed by atoms with Gasteiger partial charge in [-0.25, -0.2) is 0 Å². The predicted molar refractivity (Wildman–Crippen MR) is 60.0 cm³/mol. The van der Waals surface area contributed by atoms with Gasteiger partial charge in [0.25, 0.3) is 0 Å². The van der Waals surface area contributed by atoms with E-state index in [4.69, 9.17) is 9.47 Å². The van der Waals surface area contributed by atoms with Gasteiger partial charge in [0.1, 0.15) is 0 Å². The fourth-order valence-corrected chi connectivity index (χ4v) is 2.99. The molecule has 0 radical (unpaired) electrons. The number of hydrogen-bond donors (Lipinski definition) is 1. The molecule has 0 bridgehead atoms. The third kappa shape index (κ3) is 2.35. The van der Waals surface area contributed by atoms with Crippen molar-refractivity contribution in [3.05, 3.63) is 0 Å². The normalized spacial score (nSPS) is 38.2. The molecule has 88 valence electrons. The Bertz CT molecular complexity index is 198. The van der Waals surface area contributed by atoms with Gasteiger partial charge >= 0.3 is 0 Å². The Hall–Kier alpha value is -0.120. The number of rotatable bonds is 1. The smallest absolute Gasteiger partial charge is 0.0860 e. The van der Waals surface area contributed by atoms with Crippen molar-refractivity contribution in [1.29, 1.82) is 0 Å². The van der Waals surface area contributed by atoms with Gasteiger partial charge in [-0.2, -0.15) is 0 Å². The molecule has 2 saturated heterocycles. The molecular formula is C12H23NO2. The summed E-state index contributed by atoms with van der Waals surface area (Å²) < 4.78 is 11.7. The predicted octanol–water partition coefficient (Wildman–Crippen LogP) is 1.57. The summed E-state index contributed by atoms with van der Waals surface area (Å²) in [5, 5.41) is 3.63. The maximum Gasteiger partial charge on any atom is 0.0860 e. The van der Waals surface area contributed by atoms with Crippen LogP contribution in [-0.2, 0) is 9.47 Å². The van der Waals surface area contributed by atoms with Crippen LogP contribution < -0.4 is 5.32 Å².